The molecule has 2 aliphatic rings. The van der Waals surface area contributed by atoms with E-state index in [0.29, 0.717) is 6.42 Å². The Morgan fingerprint density at radius 1 is 1.52 bits per heavy atom. The number of nitrogens with one attached hydrogen (secondary N) is 2. The first kappa shape index (κ1) is 14.8. The Morgan fingerprint density at radius 2 is 2.35 bits per heavy atom. The minimum absolute atomic E-state index is 0.133. The summed E-state index contributed by atoms with van der Waals surface area (Å²) >= 11 is 0. The summed E-state index contributed by atoms with van der Waals surface area (Å²) in [6.07, 6.45) is -0.523. The number of carbonyl (C=O) groups excluding carboxylic acids is 2. The first-order valence-corrected chi connectivity index (χ1v) is 6.77. The summed E-state index contributed by atoms with van der Waals surface area (Å²) < 4.78 is 10.2. The van der Waals surface area contributed by atoms with Crippen molar-refractivity contribution < 1.29 is 29.0 Å². The molecule has 11 nitrogen and oxygen atoms in total. The Kier molecular flexibility index (Phi) is 3.83. The minimum atomic E-state index is -1.14. The number of anilines is 2. The van der Waals surface area contributed by atoms with Gasteiger partial charge in [-0.05, 0) is 0 Å². The molecule has 11 heteroatoms. The number of carbonyl (C=O) groups is 3. The van der Waals surface area contributed by atoms with Gasteiger partial charge in [-0.1, -0.05) is 0 Å². The highest BCUT2D eigenvalue weighted by molar-refractivity contribution is 5.94. The Labute approximate surface area is 129 Å². The Morgan fingerprint density at radius 3 is 3.13 bits per heavy atom. The topological polar surface area (TPSA) is 143 Å². The summed E-state index contributed by atoms with van der Waals surface area (Å²) in [7, 11) is 0. The van der Waals surface area contributed by atoms with E-state index in [-0.39, 0.29) is 43.1 Å². The lowest BCUT2D eigenvalue weighted by atomic mass is 10.2. The second-order valence-electron chi connectivity index (χ2n) is 4.86. The lowest BCUT2D eigenvalue weighted by Gasteiger charge is -2.18. The predicted octanol–water partition coefficient (Wildman–Crippen LogP) is -0.210. The maximum absolute atomic E-state index is 11.9. The van der Waals surface area contributed by atoms with Crippen LogP contribution >= 0.6 is 0 Å². The number of rotatable bonds is 4. The smallest absolute Gasteiger partial charge is 0.415 e. The Hall–Kier alpha value is -3.11. The summed E-state index contributed by atoms with van der Waals surface area (Å²) in [5.41, 5.74) is 0. The summed E-state index contributed by atoms with van der Waals surface area (Å²) in [5.74, 6) is 0.185. The van der Waals surface area contributed by atoms with E-state index in [4.69, 9.17) is 14.6 Å². The van der Waals surface area contributed by atoms with Crippen molar-refractivity contribution >= 4 is 29.7 Å². The third-order valence-electron chi connectivity index (χ3n) is 3.22. The molecule has 0 radical (unpaired) electrons. The molecule has 23 heavy (non-hydrogen) atoms. The van der Waals surface area contributed by atoms with Crippen LogP contribution < -0.4 is 20.3 Å². The van der Waals surface area contributed by atoms with Crippen molar-refractivity contribution in [1.29, 1.82) is 0 Å². The summed E-state index contributed by atoms with van der Waals surface area (Å²) in [6.45, 7) is 0.245. The van der Waals surface area contributed by atoms with E-state index >= 15 is 0 Å². The van der Waals surface area contributed by atoms with Crippen LogP contribution in [0.2, 0.25) is 0 Å². The molecule has 0 bridgehead atoms. The third kappa shape index (κ3) is 3.22. The van der Waals surface area contributed by atoms with Gasteiger partial charge in [0.25, 0.3) is 11.8 Å². The number of cyclic esters (lactones) is 1. The number of nitrogens with zero attached hydrogens (tertiary/aromatic N) is 3. The van der Waals surface area contributed by atoms with E-state index in [9.17, 15) is 14.4 Å². The zero-order valence-corrected chi connectivity index (χ0v) is 11.8. The second-order valence-corrected chi connectivity index (χ2v) is 4.86. The molecule has 1 fully saturated rings. The fourth-order valence-corrected chi connectivity index (χ4v) is 2.19. The summed E-state index contributed by atoms with van der Waals surface area (Å²) in [4.78, 5) is 43.0. The van der Waals surface area contributed by atoms with Crippen LogP contribution in [0.25, 0.3) is 0 Å². The zero-order chi connectivity index (χ0) is 16.4. The van der Waals surface area contributed by atoms with Crippen LogP contribution in [-0.4, -0.2) is 59.0 Å². The molecule has 3 N–H and O–H groups in total. The summed E-state index contributed by atoms with van der Waals surface area (Å²) in [5, 5.41) is 13.2. The average molecular weight is 323 g/mol. The van der Waals surface area contributed by atoms with Crippen LogP contribution in [-0.2, 0) is 9.53 Å². The van der Waals surface area contributed by atoms with Gasteiger partial charge < -0.3 is 25.2 Å². The summed E-state index contributed by atoms with van der Waals surface area (Å²) in [6, 6.07) is 0. The van der Waals surface area contributed by atoms with Crippen molar-refractivity contribution in [3.8, 4) is 5.88 Å². The monoisotopic (exact) mass is 323 g/mol. The van der Waals surface area contributed by atoms with Crippen LogP contribution in [0.3, 0.4) is 0 Å². The first-order valence-electron chi connectivity index (χ1n) is 6.77. The van der Waals surface area contributed by atoms with Gasteiger partial charge >= 0.3 is 12.2 Å². The van der Waals surface area contributed by atoms with E-state index in [1.165, 1.54) is 11.1 Å². The molecule has 2 aliphatic heterocycles. The van der Waals surface area contributed by atoms with Gasteiger partial charge in [0.05, 0.1) is 12.7 Å². The van der Waals surface area contributed by atoms with Gasteiger partial charge in [-0.2, -0.15) is 0 Å². The molecule has 122 valence electrons. The number of carboxylic acid groups (broad SMARTS) is 1. The lowest BCUT2D eigenvalue weighted by Crippen LogP contribution is -2.30. The minimum Gasteiger partial charge on any atom is -0.465 e. The first-order chi connectivity index (χ1) is 11.0. The molecule has 1 atom stereocenters. The van der Waals surface area contributed by atoms with Gasteiger partial charge in [-0.3, -0.25) is 9.69 Å². The SMILES string of the molecule is O=C(O)NCC[C@H]1CN(c2cnc3c(n2)NC(=O)CO3)C(=O)O1. The lowest BCUT2D eigenvalue weighted by molar-refractivity contribution is -0.118. The fraction of sp³-hybridized carbons (Fsp3) is 0.417. The van der Waals surface area contributed by atoms with Crippen molar-refractivity contribution in [1.82, 2.24) is 15.3 Å². The van der Waals surface area contributed by atoms with Crippen molar-refractivity contribution in [3.63, 3.8) is 0 Å². The second kappa shape index (κ2) is 5.94. The average Bonchev–Trinajstić information content (AvgIpc) is 2.87. The van der Waals surface area contributed by atoms with Gasteiger partial charge in [-0.15, -0.1) is 0 Å². The molecule has 0 saturated carbocycles. The van der Waals surface area contributed by atoms with E-state index in [0.717, 1.165) is 0 Å². The van der Waals surface area contributed by atoms with E-state index < -0.39 is 18.3 Å². The molecule has 0 aliphatic carbocycles. The van der Waals surface area contributed by atoms with Gasteiger partial charge in [0.15, 0.2) is 18.2 Å². The number of ether oxygens (including phenoxy) is 2. The molecular formula is C12H13N5O6. The van der Waals surface area contributed by atoms with Crippen LogP contribution in [0, 0.1) is 0 Å². The molecule has 1 aromatic rings. The Balaban J connectivity index is 1.67. The number of amides is 3. The largest absolute Gasteiger partial charge is 0.465 e. The molecule has 0 spiro atoms. The van der Waals surface area contributed by atoms with Crippen molar-refractivity contribution in [2.75, 3.05) is 29.9 Å². The highest BCUT2D eigenvalue weighted by Gasteiger charge is 2.34. The molecule has 0 unspecified atom stereocenters. The van der Waals surface area contributed by atoms with E-state index in [2.05, 4.69) is 20.6 Å². The van der Waals surface area contributed by atoms with Crippen LogP contribution in [0.4, 0.5) is 21.2 Å². The van der Waals surface area contributed by atoms with Gasteiger partial charge in [0.2, 0.25) is 0 Å². The van der Waals surface area contributed by atoms with Crippen LogP contribution in [0.15, 0.2) is 6.20 Å². The van der Waals surface area contributed by atoms with Crippen molar-refractivity contribution in [2.45, 2.75) is 12.5 Å². The van der Waals surface area contributed by atoms with Crippen LogP contribution in [0.1, 0.15) is 6.42 Å². The van der Waals surface area contributed by atoms with Gasteiger partial charge in [-0.25, -0.2) is 19.6 Å². The molecule has 0 aromatic carbocycles. The normalized spacial score (nSPS) is 19.5. The van der Waals surface area contributed by atoms with Gasteiger partial charge in [0.1, 0.15) is 6.10 Å². The highest BCUT2D eigenvalue weighted by Crippen LogP contribution is 2.27. The molecular weight excluding hydrogens is 310 g/mol. The molecule has 3 rings (SSSR count). The number of aromatic nitrogens is 2. The molecule has 3 amide bonds. The number of hydrogen-bond acceptors (Lipinski definition) is 7. The zero-order valence-electron chi connectivity index (χ0n) is 11.8. The maximum Gasteiger partial charge on any atom is 0.415 e. The van der Waals surface area contributed by atoms with Crippen molar-refractivity contribution in [3.05, 3.63) is 6.20 Å². The standard InChI is InChI=1S/C12H13N5O6/c18-8-5-22-10-9(16-8)15-7(3-14-10)17-4-6(23-12(17)21)1-2-13-11(19)20/h3,6,13H,1-2,4-5H2,(H,19,20)(H,15,16,18)/t6-/m0/s1. The fourth-order valence-electron chi connectivity index (χ4n) is 2.19. The quantitative estimate of drug-likeness (QED) is 0.690. The third-order valence-corrected chi connectivity index (χ3v) is 3.22. The predicted molar refractivity (Wildman–Crippen MR) is 74.4 cm³/mol. The van der Waals surface area contributed by atoms with Crippen LogP contribution in [0.5, 0.6) is 5.88 Å². The maximum atomic E-state index is 11.9. The van der Waals surface area contributed by atoms with E-state index in [1.54, 1.807) is 0 Å². The van der Waals surface area contributed by atoms with Crippen molar-refractivity contribution in [2.24, 2.45) is 0 Å². The number of hydrogen-bond donors (Lipinski definition) is 3. The molecule has 1 saturated heterocycles. The number of fused-ring (bicyclic) bond motifs is 1. The molecule has 3 heterocycles. The highest BCUT2D eigenvalue weighted by atomic mass is 16.6. The van der Waals surface area contributed by atoms with Gasteiger partial charge in [0, 0.05) is 13.0 Å². The van der Waals surface area contributed by atoms with E-state index in [1.807, 2.05) is 0 Å². The molecule has 1 aromatic heterocycles. The Bertz CT molecular complexity index is 665.